The Labute approximate surface area is 117 Å². The predicted molar refractivity (Wildman–Crippen MR) is 80.1 cm³/mol. The van der Waals surface area contributed by atoms with Gasteiger partial charge in [-0.3, -0.25) is 4.90 Å². The summed E-state index contributed by atoms with van der Waals surface area (Å²) in [6.45, 7) is 7.23. The van der Waals surface area contributed by atoms with E-state index in [1.807, 2.05) is 0 Å². The molecule has 2 aliphatic rings. The normalized spacial score (nSPS) is 26.9. The summed E-state index contributed by atoms with van der Waals surface area (Å²) in [5.41, 5.74) is 2.08. The molecule has 104 valence electrons. The van der Waals surface area contributed by atoms with E-state index in [0.717, 1.165) is 12.6 Å². The lowest BCUT2D eigenvalue weighted by atomic mass is 9.77. The molecule has 2 fully saturated rings. The smallest absolute Gasteiger partial charge is 0.0236 e. The lowest BCUT2D eigenvalue weighted by Crippen LogP contribution is -2.38. The first-order chi connectivity index (χ1) is 9.31. The van der Waals surface area contributed by atoms with Crippen molar-refractivity contribution in [2.75, 3.05) is 19.6 Å². The molecule has 2 nitrogen and oxygen atoms in total. The Balaban J connectivity index is 1.70. The zero-order valence-electron chi connectivity index (χ0n) is 12.1. The SMILES string of the molecule is CCC1CC2(CCNCC2)CN1Cc1ccccc1. The van der Waals surface area contributed by atoms with Crippen LogP contribution >= 0.6 is 0 Å². The number of hydrogen-bond acceptors (Lipinski definition) is 2. The van der Waals surface area contributed by atoms with Gasteiger partial charge in [-0.1, -0.05) is 37.3 Å². The molecular weight excluding hydrogens is 232 g/mol. The maximum atomic E-state index is 3.51. The summed E-state index contributed by atoms with van der Waals surface area (Å²) in [6.07, 6.45) is 5.45. The van der Waals surface area contributed by atoms with Crippen molar-refractivity contribution in [2.45, 2.75) is 45.2 Å². The minimum Gasteiger partial charge on any atom is -0.317 e. The molecule has 1 aromatic rings. The number of rotatable bonds is 3. The van der Waals surface area contributed by atoms with E-state index in [1.54, 1.807) is 0 Å². The van der Waals surface area contributed by atoms with Crippen molar-refractivity contribution in [3.63, 3.8) is 0 Å². The molecule has 19 heavy (non-hydrogen) atoms. The van der Waals surface area contributed by atoms with E-state index >= 15 is 0 Å². The van der Waals surface area contributed by atoms with Crippen LogP contribution in [-0.4, -0.2) is 30.6 Å². The zero-order chi connectivity index (χ0) is 13.1. The molecule has 1 atom stereocenters. The van der Waals surface area contributed by atoms with Crippen molar-refractivity contribution >= 4 is 0 Å². The van der Waals surface area contributed by atoms with Crippen LogP contribution in [-0.2, 0) is 6.54 Å². The molecular formula is C17H26N2. The van der Waals surface area contributed by atoms with Gasteiger partial charge in [-0.2, -0.15) is 0 Å². The highest BCUT2D eigenvalue weighted by atomic mass is 15.2. The van der Waals surface area contributed by atoms with Crippen molar-refractivity contribution in [3.05, 3.63) is 35.9 Å². The van der Waals surface area contributed by atoms with Crippen LogP contribution in [0.4, 0.5) is 0 Å². The van der Waals surface area contributed by atoms with Gasteiger partial charge in [-0.25, -0.2) is 0 Å². The number of benzene rings is 1. The van der Waals surface area contributed by atoms with Crippen molar-refractivity contribution in [3.8, 4) is 0 Å². The first kappa shape index (κ1) is 13.1. The van der Waals surface area contributed by atoms with Crippen LogP contribution in [0.3, 0.4) is 0 Å². The number of nitrogens with one attached hydrogen (secondary N) is 1. The summed E-state index contributed by atoms with van der Waals surface area (Å²) in [7, 11) is 0. The van der Waals surface area contributed by atoms with Gasteiger partial charge in [0.1, 0.15) is 0 Å². The fourth-order valence-corrected chi connectivity index (χ4v) is 3.98. The monoisotopic (exact) mass is 258 g/mol. The number of nitrogens with zero attached hydrogens (tertiary/aromatic N) is 1. The summed E-state index contributed by atoms with van der Waals surface area (Å²) in [5, 5.41) is 3.51. The Morgan fingerprint density at radius 2 is 1.95 bits per heavy atom. The lowest BCUT2D eigenvalue weighted by molar-refractivity contribution is 0.187. The minimum absolute atomic E-state index is 0.612. The molecule has 2 saturated heterocycles. The third-order valence-corrected chi connectivity index (χ3v) is 5.09. The van der Waals surface area contributed by atoms with Crippen LogP contribution in [0.15, 0.2) is 30.3 Å². The van der Waals surface area contributed by atoms with E-state index in [0.29, 0.717) is 5.41 Å². The fraction of sp³-hybridized carbons (Fsp3) is 0.647. The van der Waals surface area contributed by atoms with Crippen molar-refractivity contribution in [2.24, 2.45) is 5.41 Å². The average molecular weight is 258 g/mol. The van der Waals surface area contributed by atoms with E-state index in [9.17, 15) is 0 Å². The highest BCUT2D eigenvalue weighted by Gasteiger charge is 2.43. The maximum Gasteiger partial charge on any atom is 0.0236 e. The largest absolute Gasteiger partial charge is 0.317 e. The Hall–Kier alpha value is -0.860. The highest BCUT2D eigenvalue weighted by Crippen LogP contribution is 2.43. The van der Waals surface area contributed by atoms with E-state index in [4.69, 9.17) is 0 Å². The summed E-state index contributed by atoms with van der Waals surface area (Å²) < 4.78 is 0. The Kier molecular flexibility index (Phi) is 3.90. The van der Waals surface area contributed by atoms with Crippen LogP contribution in [0.5, 0.6) is 0 Å². The summed E-state index contributed by atoms with van der Waals surface area (Å²) in [5.74, 6) is 0. The quantitative estimate of drug-likeness (QED) is 0.896. The molecule has 3 rings (SSSR count). The Bertz CT molecular complexity index is 395. The molecule has 1 unspecified atom stereocenters. The standard InChI is InChI=1S/C17H26N2/c1-2-16-12-17(8-10-18-11-9-17)14-19(16)13-15-6-4-3-5-7-15/h3-7,16,18H,2,8-14H2,1H3. The number of likely N-dealkylation sites (tertiary alicyclic amines) is 1. The zero-order valence-corrected chi connectivity index (χ0v) is 12.1. The summed E-state index contributed by atoms with van der Waals surface area (Å²) in [6, 6.07) is 11.7. The molecule has 2 heterocycles. The van der Waals surface area contributed by atoms with Crippen LogP contribution in [0.1, 0.15) is 38.2 Å². The van der Waals surface area contributed by atoms with Crippen LogP contribution in [0, 0.1) is 5.41 Å². The van der Waals surface area contributed by atoms with E-state index in [1.165, 1.54) is 50.9 Å². The molecule has 1 spiro atoms. The second kappa shape index (κ2) is 5.64. The molecule has 0 bridgehead atoms. The summed E-state index contributed by atoms with van der Waals surface area (Å²) in [4.78, 5) is 2.74. The van der Waals surface area contributed by atoms with Gasteiger partial charge in [0.25, 0.3) is 0 Å². The third-order valence-electron chi connectivity index (χ3n) is 5.09. The lowest BCUT2D eigenvalue weighted by Gasteiger charge is -2.33. The van der Waals surface area contributed by atoms with E-state index < -0.39 is 0 Å². The van der Waals surface area contributed by atoms with Crippen LogP contribution in [0.25, 0.3) is 0 Å². The molecule has 0 aliphatic carbocycles. The predicted octanol–water partition coefficient (Wildman–Crippen LogP) is 3.04. The topological polar surface area (TPSA) is 15.3 Å². The van der Waals surface area contributed by atoms with Gasteiger partial charge in [0.2, 0.25) is 0 Å². The Morgan fingerprint density at radius 3 is 2.63 bits per heavy atom. The first-order valence-electron chi connectivity index (χ1n) is 7.80. The van der Waals surface area contributed by atoms with Gasteiger partial charge in [0.05, 0.1) is 0 Å². The molecule has 0 amide bonds. The van der Waals surface area contributed by atoms with Crippen LogP contribution in [0.2, 0.25) is 0 Å². The minimum atomic E-state index is 0.612. The van der Waals surface area contributed by atoms with Gasteiger partial charge in [-0.15, -0.1) is 0 Å². The first-order valence-corrected chi connectivity index (χ1v) is 7.80. The molecule has 0 saturated carbocycles. The van der Waals surface area contributed by atoms with E-state index in [2.05, 4.69) is 47.5 Å². The second-order valence-electron chi connectivity index (χ2n) is 6.41. The van der Waals surface area contributed by atoms with E-state index in [-0.39, 0.29) is 0 Å². The third kappa shape index (κ3) is 2.85. The molecule has 0 aromatic heterocycles. The molecule has 2 aliphatic heterocycles. The molecule has 0 radical (unpaired) electrons. The van der Waals surface area contributed by atoms with Gasteiger partial charge in [0.15, 0.2) is 0 Å². The Morgan fingerprint density at radius 1 is 1.21 bits per heavy atom. The average Bonchev–Trinajstić information content (AvgIpc) is 2.78. The van der Waals surface area contributed by atoms with Crippen molar-refractivity contribution in [1.29, 1.82) is 0 Å². The maximum absolute atomic E-state index is 3.51. The fourth-order valence-electron chi connectivity index (χ4n) is 3.98. The van der Waals surface area contributed by atoms with Gasteiger partial charge in [0, 0.05) is 19.1 Å². The summed E-state index contributed by atoms with van der Waals surface area (Å²) >= 11 is 0. The molecule has 1 aromatic carbocycles. The van der Waals surface area contributed by atoms with Gasteiger partial charge in [-0.05, 0) is 49.8 Å². The van der Waals surface area contributed by atoms with Gasteiger partial charge >= 0.3 is 0 Å². The number of piperidine rings is 1. The van der Waals surface area contributed by atoms with Crippen LogP contribution < -0.4 is 5.32 Å². The highest BCUT2D eigenvalue weighted by molar-refractivity contribution is 5.15. The molecule has 1 N–H and O–H groups in total. The second-order valence-corrected chi connectivity index (χ2v) is 6.41. The van der Waals surface area contributed by atoms with Crippen molar-refractivity contribution < 1.29 is 0 Å². The number of hydrogen-bond donors (Lipinski definition) is 1. The molecule has 2 heteroatoms. The van der Waals surface area contributed by atoms with Crippen molar-refractivity contribution in [1.82, 2.24) is 10.2 Å². The van der Waals surface area contributed by atoms with Gasteiger partial charge < -0.3 is 5.32 Å².